The third-order valence-corrected chi connectivity index (χ3v) is 1.69. The molecule has 0 bridgehead atoms. The van der Waals surface area contributed by atoms with E-state index in [0.717, 1.165) is 10.5 Å². The Morgan fingerprint density at radius 2 is 1.50 bits per heavy atom. The van der Waals surface area contributed by atoms with Crippen molar-refractivity contribution in [3.8, 4) is 0 Å². The van der Waals surface area contributed by atoms with Gasteiger partial charge in [-0.3, -0.25) is 4.98 Å². The molecule has 0 aliphatic rings. The molecule has 0 unspecified atom stereocenters. The molecule has 0 N–H and O–H groups in total. The normalized spacial score (nSPS) is 8.64. The number of nitrogens with zero attached hydrogens (tertiary/aromatic N) is 1. The van der Waals surface area contributed by atoms with E-state index < -0.39 is 0 Å². The highest BCUT2D eigenvalue weighted by molar-refractivity contribution is 6.34. The molecule has 0 saturated heterocycles. The van der Waals surface area contributed by atoms with Gasteiger partial charge in [0.15, 0.2) is 0 Å². The third-order valence-electron chi connectivity index (χ3n) is 1.44. The quantitative estimate of drug-likeness (QED) is 0.596. The molecule has 3 heteroatoms. The Morgan fingerprint density at radius 3 is 1.79 bits per heavy atom. The molecule has 1 nitrogen and oxygen atoms in total. The molecule has 14 heavy (non-hydrogen) atoms. The first-order valence-electron chi connectivity index (χ1n) is 4.15. The van der Waals surface area contributed by atoms with E-state index in [1.807, 2.05) is 18.2 Å². The summed E-state index contributed by atoms with van der Waals surface area (Å²) in [7, 11) is 5.37. The molecule has 0 amide bonds. The molecule has 1 heterocycles. The first-order chi connectivity index (χ1) is 6.79. The van der Waals surface area contributed by atoms with E-state index in [0.29, 0.717) is 0 Å². The standard InChI is InChI=1S/C6H4BCl.C5H5N/c7-5-1-3-6(8)4-2-5;1-2-4-6-5-3-1/h1-4H;1-5H. The predicted octanol–water partition coefficient (Wildman–Crippen LogP) is 2.22. The van der Waals surface area contributed by atoms with Gasteiger partial charge in [-0.05, 0) is 24.3 Å². The highest BCUT2D eigenvalue weighted by Crippen LogP contribution is 2.02. The van der Waals surface area contributed by atoms with E-state index in [1.54, 1.807) is 36.7 Å². The third kappa shape index (κ3) is 4.68. The summed E-state index contributed by atoms with van der Waals surface area (Å²) in [6, 6.07) is 12.8. The van der Waals surface area contributed by atoms with Crippen molar-refractivity contribution < 1.29 is 0 Å². The van der Waals surface area contributed by atoms with Crippen LogP contribution >= 0.6 is 11.6 Å². The first kappa shape index (κ1) is 10.8. The van der Waals surface area contributed by atoms with Crippen LogP contribution in [-0.2, 0) is 0 Å². The summed E-state index contributed by atoms with van der Waals surface area (Å²) in [5.74, 6) is 0. The van der Waals surface area contributed by atoms with Crippen molar-refractivity contribution in [3.63, 3.8) is 0 Å². The highest BCUT2D eigenvalue weighted by Gasteiger charge is 1.81. The lowest BCUT2D eigenvalue weighted by molar-refractivity contribution is 1.33. The van der Waals surface area contributed by atoms with Crippen LogP contribution < -0.4 is 5.46 Å². The summed E-state index contributed by atoms with van der Waals surface area (Å²) in [4.78, 5) is 3.78. The van der Waals surface area contributed by atoms with Gasteiger partial charge in [0.2, 0.25) is 0 Å². The van der Waals surface area contributed by atoms with Gasteiger partial charge in [0, 0.05) is 17.4 Å². The fourth-order valence-corrected chi connectivity index (χ4v) is 0.901. The van der Waals surface area contributed by atoms with E-state index in [2.05, 4.69) is 4.98 Å². The molecule has 0 aliphatic heterocycles. The number of aromatic nitrogens is 1. The lowest BCUT2D eigenvalue weighted by atomic mass is 9.97. The van der Waals surface area contributed by atoms with Gasteiger partial charge in [-0.1, -0.05) is 35.3 Å². The van der Waals surface area contributed by atoms with E-state index >= 15 is 0 Å². The number of hydrogen-bond donors (Lipinski definition) is 0. The van der Waals surface area contributed by atoms with Crippen LogP contribution in [0.1, 0.15) is 0 Å². The van der Waals surface area contributed by atoms with Gasteiger partial charge < -0.3 is 0 Å². The number of benzene rings is 1. The second kappa shape index (κ2) is 6.22. The minimum atomic E-state index is 0.721. The van der Waals surface area contributed by atoms with Gasteiger partial charge in [0.1, 0.15) is 7.85 Å². The van der Waals surface area contributed by atoms with Crippen LogP contribution in [0.5, 0.6) is 0 Å². The summed E-state index contributed by atoms with van der Waals surface area (Å²) in [5, 5.41) is 0.721. The Morgan fingerprint density at radius 1 is 0.929 bits per heavy atom. The molecule has 1 aromatic heterocycles. The number of hydrogen-bond acceptors (Lipinski definition) is 1. The molecular weight excluding hydrogens is 192 g/mol. The van der Waals surface area contributed by atoms with Crippen molar-refractivity contribution >= 4 is 24.9 Å². The SMILES string of the molecule is [B]c1ccc(Cl)cc1.c1ccncc1. The van der Waals surface area contributed by atoms with Crippen LogP contribution in [0.3, 0.4) is 0 Å². The van der Waals surface area contributed by atoms with Crippen LogP contribution in [0.4, 0.5) is 0 Å². The van der Waals surface area contributed by atoms with Crippen LogP contribution in [0.25, 0.3) is 0 Å². The van der Waals surface area contributed by atoms with Gasteiger partial charge in [-0.2, -0.15) is 0 Å². The molecule has 2 rings (SSSR count). The highest BCUT2D eigenvalue weighted by atomic mass is 35.5. The molecule has 0 spiro atoms. The summed E-state index contributed by atoms with van der Waals surface area (Å²) in [6.45, 7) is 0. The second-order valence-electron chi connectivity index (χ2n) is 2.58. The van der Waals surface area contributed by atoms with Gasteiger partial charge >= 0.3 is 0 Å². The Hall–Kier alpha value is -1.28. The minimum Gasteiger partial charge on any atom is -0.265 e. The van der Waals surface area contributed by atoms with Crippen LogP contribution in [0.2, 0.25) is 5.02 Å². The molecule has 0 fully saturated rings. The van der Waals surface area contributed by atoms with Crippen molar-refractivity contribution in [2.24, 2.45) is 0 Å². The lowest BCUT2D eigenvalue weighted by Gasteiger charge is -1.88. The molecule has 2 radical (unpaired) electrons. The van der Waals surface area contributed by atoms with Gasteiger partial charge in [-0.15, -0.1) is 0 Å². The average molecular weight is 201 g/mol. The molecule has 1 aromatic carbocycles. The van der Waals surface area contributed by atoms with E-state index in [1.165, 1.54) is 0 Å². The van der Waals surface area contributed by atoms with Crippen molar-refractivity contribution in [1.29, 1.82) is 0 Å². The van der Waals surface area contributed by atoms with Crippen LogP contribution in [0.15, 0.2) is 54.9 Å². The van der Waals surface area contributed by atoms with Crippen molar-refractivity contribution in [1.82, 2.24) is 4.98 Å². The van der Waals surface area contributed by atoms with Crippen molar-refractivity contribution in [3.05, 3.63) is 59.9 Å². The fraction of sp³-hybridized carbons (Fsp3) is 0. The fourth-order valence-electron chi connectivity index (χ4n) is 0.775. The monoisotopic (exact) mass is 201 g/mol. The van der Waals surface area contributed by atoms with Gasteiger partial charge in [-0.25, -0.2) is 0 Å². The topological polar surface area (TPSA) is 12.9 Å². The first-order valence-corrected chi connectivity index (χ1v) is 4.53. The van der Waals surface area contributed by atoms with E-state index in [9.17, 15) is 0 Å². The number of pyridine rings is 1. The maximum atomic E-state index is 5.56. The Kier molecular flexibility index (Phi) is 4.80. The number of rotatable bonds is 0. The summed E-state index contributed by atoms with van der Waals surface area (Å²) >= 11 is 5.56. The zero-order valence-corrected chi connectivity index (χ0v) is 8.35. The zero-order chi connectivity index (χ0) is 10.2. The molecule has 0 atom stereocenters. The smallest absolute Gasteiger partial charge is 0.113 e. The maximum absolute atomic E-state index is 5.56. The molecule has 0 aliphatic carbocycles. The van der Waals surface area contributed by atoms with E-state index in [4.69, 9.17) is 19.4 Å². The number of halogens is 1. The summed E-state index contributed by atoms with van der Waals surface area (Å²) in [5.41, 5.74) is 0.745. The van der Waals surface area contributed by atoms with Crippen LogP contribution in [0, 0.1) is 0 Å². The Balaban J connectivity index is 0.000000146. The maximum Gasteiger partial charge on any atom is 0.113 e. The molecule has 0 saturated carbocycles. The zero-order valence-electron chi connectivity index (χ0n) is 7.60. The Labute approximate surface area is 90.2 Å². The van der Waals surface area contributed by atoms with Gasteiger partial charge in [0.25, 0.3) is 0 Å². The molecule has 68 valence electrons. The largest absolute Gasteiger partial charge is 0.265 e. The average Bonchev–Trinajstić information content (AvgIpc) is 2.26. The van der Waals surface area contributed by atoms with Crippen molar-refractivity contribution in [2.45, 2.75) is 0 Å². The second-order valence-corrected chi connectivity index (χ2v) is 3.01. The van der Waals surface area contributed by atoms with E-state index in [-0.39, 0.29) is 0 Å². The van der Waals surface area contributed by atoms with Crippen LogP contribution in [-0.4, -0.2) is 12.8 Å². The molecular formula is C11H9BClN. The Bertz CT molecular complexity index is 300. The summed E-state index contributed by atoms with van der Waals surface area (Å²) in [6.07, 6.45) is 3.50. The lowest BCUT2D eigenvalue weighted by Crippen LogP contribution is -1.97. The minimum absolute atomic E-state index is 0.721. The van der Waals surface area contributed by atoms with Gasteiger partial charge in [0.05, 0.1) is 0 Å². The predicted molar refractivity (Wildman–Crippen MR) is 61.1 cm³/mol. The summed E-state index contributed by atoms with van der Waals surface area (Å²) < 4.78 is 0. The van der Waals surface area contributed by atoms with Crippen molar-refractivity contribution in [2.75, 3.05) is 0 Å². The molecule has 2 aromatic rings.